The van der Waals surface area contributed by atoms with Gasteiger partial charge in [0.2, 0.25) is 0 Å². The summed E-state index contributed by atoms with van der Waals surface area (Å²) in [5.41, 5.74) is 1.64. The summed E-state index contributed by atoms with van der Waals surface area (Å²) in [7, 11) is 0. The quantitative estimate of drug-likeness (QED) is 0.306. The summed E-state index contributed by atoms with van der Waals surface area (Å²) < 4.78 is 0. The Morgan fingerprint density at radius 1 is 0.742 bits per heavy atom. The molecule has 2 unspecified atom stereocenters. The molecule has 3 saturated carbocycles. The minimum Gasteiger partial charge on any atom is -0.0993 e. The van der Waals surface area contributed by atoms with Crippen LogP contribution in [-0.4, -0.2) is 0 Å². The van der Waals surface area contributed by atoms with Crippen molar-refractivity contribution in [3.05, 3.63) is 36.5 Å². The Hall–Kier alpha value is -0.780. The van der Waals surface area contributed by atoms with Crippen LogP contribution in [0.3, 0.4) is 0 Å². The van der Waals surface area contributed by atoms with Crippen molar-refractivity contribution in [1.82, 2.24) is 0 Å². The van der Waals surface area contributed by atoms with E-state index in [1.54, 1.807) is 5.57 Å². The molecular formula is C31H52. The summed E-state index contributed by atoms with van der Waals surface area (Å²) in [5.74, 6) is 5.38. The zero-order valence-corrected chi connectivity index (χ0v) is 21.0. The maximum absolute atomic E-state index is 4.70. The highest BCUT2D eigenvalue weighted by molar-refractivity contribution is 5.13. The summed E-state index contributed by atoms with van der Waals surface area (Å²) >= 11 is 0. The summed E-state index contributed by atoms with van der Waals surface area (Å²) in [6, 6.07) is 0. The molecule has 0 spiro atoms. The van der Waals surface area contributed by atoms with Gasteiger partial charge >= 0.3 is 0 Å². The first-order valence-corrected chi connectivity index (χ1v) is 14.2. The van der Waals surface area contributed by atoms with Crippen LogP contribution in [0.4, 0.5) is 0 Å². The lowest BCUT2D eigenvalue weighted by atomic mass is 9.68. The van der Waals surface area contributed by atoms with Crippen molar-refractivity contribution in [3.8, 4) is 0 Å². The molecule has 3 fully saturated rings. The van der Waals surface area contributed by atoms with E-state index in [0.717, 1.165) is 35.5 Å². The van der Waals surface area contributed by atoms with Crippen LogP contribution in [0.1, 0.15) is 123 Å². The Balaban J connectivity index is 1.38. The number of hydrogen-bond donors (Lipinski definition) is 0. The average molecular weight is 425 g/mol. The van der Waals surface area contributed by atoms with E-state index >= 15 is 0 Å². The Morgan fingerprint density at radius 3 is 1.94 bits per heavy atom. The minimum atomic E-state index is 0.779. The molecule has 0 saturated heterocycles. The standard InChI is InChI=1S/C31H52/c1-4-6-7-12-27-17-19-28(20-18-27)13-8-9-14-30-15-10-11-16-31(30)25(3)29-23-21-26(5-2)22-24-29/h4,6,9,14,26-31H,3,5,7-8,10-13,15-24H2,1-2H3/b6-4+,14-9+. The van der Waals surface area contributed by atoms with Crippen LogP contribution < -0.4 is 0 Å². The van der Waals surface area contributed by atoms with E-state index in [2.05, 4.69) is 38.2 Å². The highest BCUT2D eigenvalue weighted by atomic mass is 14.4. The summed E-state index contributed by atoms with van der Waals surface area (Å²) in [5, 5.41) is 0. The number of hydrogen-bond acceptors (Lipinski definition) is 0. The SMILES string of the molecule is C=C(C1CCC(CC)CC1)C1CCCCC1/C=C/CCC1CCC(CC/C=C/C)CC1. The van der Waals surface area contributed by atoms with Crippen LogP contribution in [0.5, 0.6) is 0 Å². The van der Waals surface area contributed by atoms with Gasteiger partial charge in [-0.05, 0) is 107 Å². The third-order valence-corrected chi connectivity index (χ3v) is 9.31. The molecule has 0 bridgehead atoms. The van der Waals surface area contributed by atoms with Crippen molar-refractivity contribution in [1.29, 1.82) is 0 Å². The molecule has 31 heavy (non-hydrogen) atoms. The molecule has 0 N–H and O–H groups in total. The van der Waals surface area contributed by atoms with Gasteiger partial charge in [-0.25, -0.2) is 0 Å². The van der Waals surface area contributed by atoms with Crippen molar-refractivity contribution >= 4 is 0 Å². The third-order valence-electron chi connectivity index (χ3n) is 9.31. The van der Waals surface area contributed by atoms with Gasteiger partial charge in [0.15, 0.2) is 0 Å². The molecule has 0 heteroatoms. The summed E-state index contributed by atoms with van der Waals surface area (Å²) in [6.45, 7) is 9.22. The lowest BCUT2D eigenvalue weighted by Crippen LogP contribution is -2.25. The van der Waals surface area contributed by atoms with Crippen LogP contribution in [0.25, 0.3) is 0 Å². The fourth-order valence-electron chi connectivity index (χ4n) is 7.00. The third kappa shape index (κ3) is 7.94. The normalized spacial score (nSPS) is 35.0. The molecule has 0 nitrogen and oxygen atoms in total. The zero-order chi connectivity index (χ0) is 21.9. The van der Waals surface area contributed by atoms with Gasteiger partial charge in [0, 0.05) is 0 Å². The van der Waals surface area contributed by atoms with Gasteiger partial charge in [-0.15, -0.1) is 0 Å². The van der Waals surface area contributed by atoms with Gasteiger partial charge in [-0.2, -0.15) is 0 Å². The molecule has 0 heterocycles. The fraction of sp³-hybridized carbons (Fsp3) is 0.806. The topological polar surface area (TPSA) is 0 Å². The van der Waals surface area contributed by atoms with Crippen LogP contribution in [0.2, 0.25) is 0 Å². The van der Waals surface area contributed by atoms with Crippen molar-refractivity contribution in [2.24, 2.45) is 35.5 Å². The predicted octanol–water partition coefficient (Wildman–Crippen LogP) is 10.1. The molecule has 2 atom stereocenters. The first-order valence-electron chi connectivity index (χ1n) is 14.2. The van der Waals surface area contributed by atoms with Crippen LogP contribution >= 0.6 is 0 Å². The maximum atomic E-state index is 4.70. The number of rotatable bonds is 10. The molecule has 3 rings (SSSR count). The largest absolute Gasteiger partial charge is 0.0993 e. The summed E-state index contributed by atoms with van der Waals surface area (Å²) in [4.78, 5) is 0. The zero-order valence-electron chi connectivity index (χ0n) is 21.0. The highest BCUT2D eigenvalue weighted by Crippen LogP contribution is 2.43. The molecule has 0 radical (unpaired) electrons. The lowest BCUT2D eigenvalue weighted by molar-refractivity contribution is 0.247. The first-order chi connectivity index (χ1) is 15.2. The fourth-order valence-corrected chi connectivity index (χ4v) is 7.00. The molecule has 3 aliphatic carbocycles. The van der Waals surface area contributed by atoms with Gasteiger partial charge in [0.25, 0.3) is 0 Å². The number of allylic oxidation sites excluding steroid dienone is 5. The van der Waals surface area contributed by atoms with Crippen molar-refractivity contribution < 1.29 is 0 Å². The highest BCUT2D eigenvalue weighted by Gasteiger charge is 2.31. The molecular weight excluding hydrogens is 372 g/mol. The Labute approximate surface area is 195 Å². The molecule has 3 aliphatic rings. The van der Waals surface area contributed by atoms with Gasteiger partial charge in [0.1, 0.15) is 0 Å². The van der Waals surface area contributed by atoms with Gasteiger partial charge < -0.3 is 0 Å². The Bertz CT molecular complexity index is 551. The van der Waals surface area contributed by atoms with Crippen molar-refractivity contribution in [2.45, 2.75) is 123 Å². The lowest BCUT2D eigenvalue weighted by Gasteiger charge is -2.37. The second kappa shape index (κ2) is 13.7. The summed E-state index contributed by atoms with van der Waals surface area (Å²) in [6.07, 6.45) is 33.9. The molecule has 0 aromatic rings. The van der Waals surface area contributed by atoms with Gasteiger partial charge in [-0.1, -0.05) is 88.3 Å². The Morgan fingerprint density at radius 2 is 1.32 bits per heavy atom. The molecule has 0 aromatic carbocycles. The van der Waals surface area contributed by atoms with E-state index in [1.165, 1.54) is 109 Å². The second-order valence-electron chi connectivity index (χ2n) is 11.3. The van der Waals surface area contributed by atoms with Crippen LogP contribution in [0.15, 0.2) is 36.5 Å². The van der Waals surface area contributed by atoms with Crippen molar-refractivity contribution in [2.75, 3.05) is 0 Å². The van der Waals surface area contributed by atoms with Gasteiger partial charge in [-0.3, -0.25) is 0 Å². The first kappa shape index (κ1) is 24.9. The van der Waals surface area contributed by atoms with E-state index in [-0.39, 0.29) is 0 Å². The van der Waals surface area contributed by atoms with Gasteiger partial charge in [0.05, 0.1) is 0 Å². The molecule has 0 amide bonds. The Kier molecular flexibility index (Phi) is 11.0. The predicted molar refractivity (Wildman–Crippen MR) is 138 cm³/mol. The second-order valence-corrected chi connectivity index (χ2v) is 11.3. The maximum Gasteiger partial charge on any atom is -0.0140 e. The smallest absolute Gasteiger partial charge is 0.0140 e. The minimum absolute atomic E-state index is 0.779. The van der Waals surface area contributed by atoms with Crippen molar-refractivity contribution in [3.63, 3.8) is 0 Å². The van der Waals surface area contributed by atoms with E-state index < -0.39 is 0 Å². The van der Waals surface area contributed by atoms with E-state index in [4.69, 9.17) is 6.58 Å². The molecule has 0 aromatic heterocycles. The van der Waals surface area contributed by atoms with Crippen LogP contribution in [0, 0.1) is 35.5 Å². The van der Waals surface area contributed by atoms with E-state index in [0.29, 0.717) is 0 Å². The van der Waals surface area contributed by atoms with E-state index in [1.807, 2.05) is 0 Å². The average Bonchev–Trinajstić information content (AvgIpc) is 2.83. The monoisotopic (exact) mass is 424 g/mol. The van der Waals surface area contributed by atoms with Crippen LogP contribution in [-0.2, 0) is 0 Å². The molecule has 0 aliphatic heterocycles. The van der Waals surface area contributed by atoms with E-state index in [9.17, 15) is 0 Å². The molecule has 176 valence electrons.